The van der Waals surface area contributed by atoms with Crippen LogP contribution in [0.5, 0.6) is 0 Å². The molecule has 0 saturated carbocycles. The van der Waals surface area contributed by atoms with Crippen LogP contribution in [0.15, 0.2) is 22.6 Å². The highest BCUT2D eigenvalue weighted by atomic mass is 16.4. The Morgan fingerprint density at radius 1 is 1.57 bits per heavy atom. The van der Waals surface area contributed by atoms with Crippen LogP contribution in [0.2, 0.25) is 0 Å². The summed E-state index contributed by atoms with van der Waals surface area (Å²) in [6.07, 6.45) is -0.214. The molecule has 5 nitrogen and oxygen atoms in total. The predicted octanol–water partition coefficient (Wildman–Crippen LogP) is 1.04. The summed E-state index contributed by atoms with van der Waals surface area (Å²) < 4.78 is 5.19. The molecular formula is C9H8N2O3. The molecule has 0 amide bonds. The first kappa shape index (κ1) is 8.55. The highest BCUT2D eigenvalue weighted by Gasteiger charge is 2.08. The fourth-order valence-electron chi connectivity index (χ4n) is 1.19. The number of rotatable bonds is 2. The lowest BCUT2D eigenvalue weighted by atomic mass is 10.3. The van der Waals surface area contributed by atoms with Gasteiger partial charge in [0, 0.05) is 11.8 Å². The molecule has 72 valence electrons. The van der Waals surface area contributed by atoms with Gasteiger partial charge in [0.2, 0.25) is 5.89 Å². The van der Waals surface area contributed by atoms with Crippen molar-refractivity contribution in [3.8, 4) is 0 Å². The van der Waals surface area contributed by atoms with Crippen LogP contribution in [-0.2, 0) is 11.2 Å². The Morgan fingerprint density at radius 3 is 3.07 bits per heavy atom. The van der Waals surface area contributed by atoms with E-state index < -0.39 is 5.97 Å². The van der Waals surface area contributed by atoms with E-state index >= 15 is 0 Å². The first-order valence-electron chi connectivity index (χ1n) is 4.02. The van der Waals surface area contributed by atoms with E-state index in [-0.39, 0.29) is 12.3 Å². The number of benzene rings is 1. The molecule has 3 N–H and O–H groups in total. The summed E-state index contributed by atoms with van der Waals surface area (Å²) in [6.45, 7) is 0. The van der Waals surface area contributed by atoms with Crippen molar-refractivity contribution in [3.63, 3.8) is 0 Å². The minimum atomic E-state index is -0.968. The second kappa shape index (κ2) is 3.02. The minimum Gasteiger partial charge on any atom is -0.481 e. The van der Waals surface area contributed by atoms with Crippen molar-refractivity contribution in [3.05, 3.63) is 24.1 Å². The number of carbonyl (C=O) groups is 1. The molecule has 0 bridgehead atoms. The van der Waals surface area contributed by atoms with Gasteiger partial charge in [0.25, 0.3) is 0 Å². The summed E-state index contributed by atoms with van der Waals surface area (Å²) >= 11 is 0. The quantitative estimate of drug-likeness (QED) is 0.694. The van der Waals surface area contributed by atoms with Crippen molar-refractivity contribution in [2.45, 2.75) is 6.42 Å². The number of nitrogen functional groups attached to an aromatic ring is 1. The summed E-state index contributed by atoms with van der Waals surface area (Å²) in [6, 6.07) is 5.00. The van der Waals surface area contributed by atoms with Crippen LogP contribution in [0, 0.1) is 0 Å². The zero-order chi connectivity index (χ0) is 10.1. The number of aromatic nitrogens is 1. The van der Waals surface area contributed by atoms with Crippen LogP contribution in [0.1, 0.15) is 5.89 Å². The zero-order valence-corrected chi connectivity index (χ0v) is 7.23. The molecule has 1 heterocycles. The Kier molecular flexibility index (Phi) is 1.85. The highest BCUT2D eigenvalue weighted by molar-refractivity contribution is 5.77. The van der Waals surface area contributed by atoms with Crippen LogP contribution < -0.4 is 5.73 Å². The number of fused-ring (bicyclic) bond motifs is 1. The Hall–Kier alpha value is -2.04. The third-order valence-electron chi connectivity index (χ3n) is 1.76. The Labute approximate surface area is 79.2 Å². The first-order chi connectivity index (χ1) is 6.65. The molecule has 2 aromatic rings. The summed E-state index contributed by atoms with van der Waals surface area (Å²) in [5, 5.41) is 8.52. The average Bonchev–Trinajstić information content (AvgIpc) is 2.44. The Balaban J connectivity index is 2.46. The van der Waals surface area contributed by atoms with Crippen LogP contribution in [0.4, 0.5) is 5.69 Å². The molecule has 5 heteroatoms. The number of aliphatic carboxylic acids is 1. The summed E-state index contributed by atoms with van der Waals surface area (Å²) in [5.74, 6) is -0.775. The van der Waals surface area contributed by atoms with Gasteiger partial charge in [0.1, 0.15) is 11.9 Å². The Bertz CT molecular complexity index is 490. The molecule has 1 aromatic carbocycles. The minimum absolute atomic E-state index is 0.193. The van der Waals surface area contributed by atoms with Crippen molar-refractivity contribution in [2.24, 2.45) is 0 Å². The lowest BCUT2D eigenvalue weighted by Crippen LogP contribution is -1.99. The van der Waals surface area contributed by atoms with Gasteiger partial charge in [-0.15, -0.1) is 0 Å². The molecule has 0 spiro atoms. The lowest BCUT2D eigenvalue weighted by Gasteiger charge is -1.88. The van der Waals surface area contributed by atoms with Crippen LogP contribution in [0.25, 0.3) is 11.1 Å². The molecule has 0 radical (unpaired) electrons. The number of carboxylic acids is 1. The molecule has 0 aliphatic rings. The maximum Gasteiger partial charge on any atom is 0.312 e. The fraction of sp³-hybridized carbons (Fsp3) is 0.111. The summed E-state index contributed by atoms with van der Waals surface area (Å²) in [7, 11) is 0. The standard InChI is InChI=1S/C9H8N2O3/c10-5-1-2-6-7(3-5)14-8(11-6)4-9(12)13/h1-3H,4,10H2,(H,12,13). The van der Waals surface area contributed by atoms with Crippen LogP contribution >= 0.6 is 0 Å². The average molecular weight is 192 g/mol. The van der Waals surface area contributed by atoms with Gasteiger partial charge in [-0.05, 0) is 12.1 Å². The second-order valence-electron chi connectivity index (χ2n) is 2.91. The van der Waals surface area contributed by atoms with Crippen molar-refractivity contribution in [2.75, 3.05) is 5.73 Å². The normalized spacial score (nSPS) is 10.6. The van der Waals surface area contributed by atoms with Crippen LogP contribution in [0.3, 0.4) is 0 Å². The van der Waals surface area contributed by atoms with Crippen LogP contribution in [-0.4, -0.2) is 16.1 Å². The predicted molar refractivity (Wildman–Crippen MR) is 49.8 cm³/mol. The number of nitrogens with zero attached hydrogens (tertiary/aromatic N) is 1. The van der Waals surface area contributed by atoms with Gasteiger partial charge in [-0.2, -0.15) is 0 Å². The van der Waals surface area contributed by atoms with Gasteiger partial charge in [-0.3, -0.25) is 4.79 Å². The van der Waals surface area contributed by atoms with Crippen molar-refractivity contribution >= 4 is 22.8 Å². The van der Waals surface area contributed by atoms with E-state index in [1.165, 1.54) is 0 Å². The topological polar surface area (TPSA) is 89.3 Å². The molecular weight excluding hydrogens is 184 g/mol. The monoisotopic (exact) mass is 192 g/mol. The number of nitrogens with two attached hydrogens (primary N) is 1. The molecule has 0 atom stereocenters. The third-order valence-corrected chi connectivity index (χ3v) is 1.76. The maximum absolute atomic E-state index is 10.4. The van der Waals surface area contributed by atoms with E-state index in [1.807, 2.05) is 0 Å². The van der Waals surface area contributed by atoms with Gasteiger partial charge in [0.05, 0.1) is 0 Å². The van der Waals surface area contributed by atoms with E-state index in [9.17, 15) is 4.79 Å². The second-order valence-corrected chi connectivity index (χ2v) is 2.91. The van der Waals surface area contributed by atoms with E-state index in [0.29, 0.717) is 16.8 Å². The molecule has 14 heavy (non-hydrogen) atoms. The van der Waals surface area contributed by atoms with Crippen molar-refractivity contribution < 1.29 is 14.3 Å². The van der Waals surface area contributed by atoms with E-state index in [0.717, 1.165) is 0 Å². The number of carboxylic acid groups (broad SMARTS) is 1. The van der Waals surface area contributed by atoms with Gasteiger partial charge in [0.15, 0.2) is 5.58 Å². The number of hydrogen-bond acceptors (Lipinski definition) is 4. The summed E-state index contributed by atoms with van der Waals surface area (Å²) in [5.41, 5.74) is 7.23. The SMILES string of the molecule is Nc1ccc2nc(CC(=O)O)oc2c1. The van der Waals surface area contributed by atoms with E-state index in [1.54, 1.807) is 18.2 Å². The van der Waals surface area contributed by atoms with Gasteiger partial charge < -0.3 is 15.3 Å². The largest absolute Gasteiger partial charge is 0.481 e. The van der Waals surface area contributed by atoms with Gasteiger partial charge in [-0.25, -0.2) is 4.98 Å². The smallest absolute Gasteiger partial charge is 0.312 e. The lowest BCUT2D eigenvalue weighted by molar-refractivity contribution is -0.136. The number of hydrogen-bond donors (Lipinski definition) is 2. The fourth-order valence-corrected chi connectivity index (χ4v) is 1.19. The van der Waals surface area contributed by atoms with Gasteiger partial charge >= 0.3 is 5.97 Å². The Morgan fingerprint density at radius 2 is 2.36 bits per heavy atom. The third kappa shape index (κ3) is 1.52. The van der Waals surface area contributed by atoms with Gasteiger partial charge in [-0.1, -0.05) is 0 Å². The molecule has 0 aliphatic carbocycles. The molecule has 0 aliphatic heterocycles. The number of anilines is 1. The van der Waals surface area contributed by atoms with Crippen molar-refractivity contribution in [1.29, 1.82) is 0 Å². The van der Waals surface area contributed by atoms with E-state index in [4.69, 9.17) is 15.3 Å². The molecule has 0 saturated heterocycles. The number of oxazole rings is 1. The van der Waals surface area contributed by atoms with E-state index in [2.05, 4.69) is 4.98 Å². The summed E-state index contributed by atoms with van der Waals surface area (Å²) in [4.78, 5) is 14.4. The molecule has 2 rings (SSSR count). The first-order valence-corrected chi connectivity index (χ1v) is 4.02. The highest BCUT2D eigenvalue weighted by Crippen LogP contribution is 2.18. The molecule has 0 fully saturated rings. The molecule has 1 aromatic heterocycles. The zero-order valence-electron chi connectivity index (χ0n) is 7.23. The molecule has 0 unspecified atom stereocenters. The maximum atomic E-state index is 10.4. The van der Waals surface area contributed by atoms with Crippen molar-refractivity contribution in [1.82, 2.24) is 4.98 Å².